The lowest BCUT2D eigenvalue weighted by molar-refractivity contribution is 0.304. The van der Waals surface area contributed by atoms with E-state index < -0.39 is 0 Å². The van der Waals surface area contributed by atoms with Gasteiger partial charge in [-0.2, -0.15) is 0 Å². The fourth-order valence-electron chi connectivity index (χ4n) is 1.63. The fraction of sp³-hybridized carbons (Fsp3) is 0.467. The summed E-state index contributed by atoms with van der Waals surface area (Å²) in [6.07, 6.45) is 0. The van der Waals surface area contributed by atoms with E-state index in [1.54, 1.807) is 21.1 Å². The van der Waals surface area contributed by atoms with Crippen LogP contribution in [0, 0.1) is 11.8 Å². The quantitative estimate of drug-likeness (QED) is 0.766. The minimum absolute atomic E-state index is 0.315. The molecule has 4 heteroatoms. The highest BCUT2D eigenvalue weighted by Crippen LogP contribution is 2.38. The molecule has 0 radical (unpaired) electrons. The van der Waals surface area contributed by atoms with Crippen molar-refractivity contribution in [2.24, 2.45) is 0 Å². The van der Waals surface area contributed by atoms with Crippen LogP contribution >= 0.6 is 0 Å². The van der Waals surface area contributed by atoms with Gasteiger partial charge in [-0.1, -0.05) is 12.8 Å². The molecule has 104 valence electrons. The highest BCUT2D eigenvalue weighted by molar-refractivity contribution is 5.54. The third-order valence-electron chi connectivity index (χ3n) is 2.56. The Morgan fingerprint density at radius 3 is 2.26 bits per heavy atom. The van der Waals surface area contributed by atoms with Crippen LogP contribution in [0.5, 0.6) is 17.2 Å². The molecule has 0 saturated carbocycles. The van der Waals surface area contributed by atoms with Crippen LogP contribution < -0.4 is 19.5 Å². The molecule has 0 amide bonds. The van der Waals surface area contributed by atoms with E-state index in [1.807, 2.05) is 12.1 Å². The smallest absolute Gasteiger partial charge is 0.204 e. The molecule has 0 aliphatic rings. The topological polar surface area (TPSA) is 39.7 Å². The number of nitrogens with one attached hydrogen (secondary N) is 1. The van der Waals surface area contributed by atoms with Gasteiger partial charge in [0.25, 0.3) is 0 Å². The molecule has 4 nitrogen and oxygen atoms in total. The second-order valence-electron chi connectivity index (χ2n) is 3.83. The van der Waals surface area contributed by atoms with Crippen molar-refractivity contribution >= 4 is 0 Å². The lowest BCUT2D eigenvalue weighted by atomic mass is 10.1. The molecule has 0 saturated heterocycles. The molecule has 0 heterocycles. The zero-order valence-electron chi connectivity index (χ0n) is 12.0. The van der Waals surface area contributed by atoms with Gasteiger partial charge in [0.05, 0.1) is 14.2 Å². The van der Waals surface area contributed by atoms with Crippen molar-refractivity contribution in [2.45, 2.75) is 20.4 Å². The molecular weight excluding hydrogens is 242 g/mol. The molecule has 19 heavy (non-hydrogen) atoms. The average molecular weight is 263 g/mol. The summed E-state index contributed by atoms with van der Waals surface area (Å²) in [6, 6.07) is 3.89. The Morgan fingerprint density at radius 1 is 1.16 bits per heavy atom. The van der Waals surface area contributed by atoms with E-state index in [2.05, 4.69) is 24.1 Å². The van der Waals surface area contributed by atoms with Crippen LogP contribution in [0.1, 0.15) is 19.4 Å². The summed E-state index contributed by atoms with van der Waals surface area (Å²) in [7, 11) is 3.23. The van der Waals surface area contributed by atoms with Gasteiger partial charge >= 0.3 is 0 Å². The molecule has 0 unspecified atom stereocenters. The lowest BCUT2D eigenvalue weighted by Gasteiger charge is -2.15. The Morgan fingerprint density at radius 2 is 1.79 bits per heavy atom. The first kappa shape index (κ1) is 15.2. The number of hydrogen-bond acceptors (Lipinski definition) is 4. The monoisotopic (exact) mass is 263 g/mol. The van der Waals surface area contributed by atoms with Gasteiger partial charge < -0.3 is 19.5 Å². The van der Waals surface area contributed by atoms with Crippen molar-refractivity contribution in [2.75, 3.05) is 27.4 Å². The summed E-state index contributed by atoms with van der Waals surface area (Å²) in [6.45, 7) is 5.83. The Labute approximate surface area is 115 Å². The Hall–Kier alpha value is -1.86. The summed E-state index contributed by atoms with van der Waals surface area (Å²) in [5.41, 5.74) is 1.09. The van der Waals surface area contributed by atoms with Gasteiger partial charge in [-0.25, -0.2) is 0 Å². The van der Waals surface area contributed by atoms with E-state index in [1.165, 1.54) is 0 Å². The van der Waals surface area contributed by atoms with Crippen molar-refractivity contribution in [3.05, 3.63) is 17.7 Å². The maximum atomic E-state index is 5.61. The number of rotatable bonds is 7. The summed E-state index contributed by atoms with van der Waals surface area (Å²) in [5, 5.41) is 3.26. The molecular formula is C15H21NO3. The fourth-order valence-corrected chi connectivity index (χ4v) is 1.63. The van der Waals surface area contributed by atoms with Gasteiger partial charge in [-0.15, -0.1) is 5.92 Å². The van der Waals surface area contributed by atoms with E-state index in [9.17, 15) is 0 Å². The van der Waals surface area contributed by atoms with E-state index in [-0.39, 0.29) is 0 Å². The Kier molecular flexibility index (Phi) is 6.62. The van der Waals surface area contributed by atoms with Crippen LogP contribution in [0.25, 0.3) is 0 Å². The van der Waals surface area contributed by atoms with E-state index in [4.69, 9.17) is 14.2 Å². The van der Waals surface area contributed by atoms with Crippen molar-refractivity contribution < 1.29 is 14.2 Å². The maximum Gasteiger partial charge on any atom is 0.204 e. The van der Waals surface area contributed by atoms with Crippen molar-refractivity contribution in [3.8, 4) is 29.1 Å². The number of ether oxygens (including phenoxy) is 3. The predicted molar refractivity (Wildman–Crippen MR) is 75.9 cm³/mol. The molecule has 0 aromatic heterocycles. The minimum Gasteiger partial charge on any atom is -0.493 e. The molecule has 1 aromatic carbocycles. The van der Waals surface area contributed by atoms with Crippen molar-refractivity contribution in [1.82, 2.24) is 5.32 Å². The summed E-state index contributed by atoms with van der Waals surface area (Å²) < 4.78 is 16.3. The maximum absolute atomic E-state index is 5.61. The van der Waals surface area contributed by atoms with E-state index in [0.29, 0.717) is 23.9 Å². The first-order valence-corrected chi connectivity index (χ1v) is 6.24. The highest BCUT2D eigenvalue weighted by atomic mass is 16.5. The van der Waals surface area contributed by atoms with Gasteiger partial charge in [0, 0.05) is 6.54 Å². The van der Waals surface area contributed by atoms with Crippen LogP contribution in [-0.2, 0) is 6.54 Å². The van der Waals surface area contributed by atoms with Gasteiger partial charge in [0.15, 0.2) is 11.5 Å². The molecule has 0 aliphatic carbocycles. The summed E-state index contributed by atoms with van der Waals surface area (Å²) >= 11 is 0. The van der Waals surface area contributed by atoms with E-state index in [0.717, 1.165) is 18.7 Å². The molecule has 0 fully saturated rings. The zero-order valence-corrected chi connectivity index (χ0v) is 12.0. The predicted octanol–water partition coefficient (Wildman–Crippen LogP) is 2.22. The van der Waals surface area contributed by atoms with Crippen LogP contribution in [-0.4, -0.2) is 27.4 Å². The van der Waals surface area contributed by atoms with Crippen molar-refractivity contribution in [3.63, 3.8) is 0 Å². The second-order valence-corrected chi connectivity index (χ2v) is 3.83. The summed E-state index contributed by atoms with van der Waals surface area (Å²) in [4.78, 5) is 0. The van der Waals surface area contributed by atoms with Crippen LogP contribution in [0.15, 0.2) is 12.1 Å². The molecule has 1 aromatic rings. The molecule has 0 bridgehead atoms. The first-order valence-electron chi connectivity index (χ1n) is 6.24. The molecule has 1 N–H and O–H groups in total. The van der Waals surface area contributed by atoms with Gasteiger partial charge in [-0.3, -0.25) is 0 Å². The zero-order chi connectivity index (χ0) is 14.1. The van der Waals surface area contributed by atoms with Crippen LogP contribution in [0.3, 0.4) is 0 Å². The largest absolute Gasteiger partial charge is 0.493 e. The van der Waals surface area contributed by atoms with Crippen molar-refractivity contribution in [1.29, 1.82) is 0 Å². The third-order valence-corrected chi connectivity index (χ3v) is 2.56. The first-order chi connectivity index (χ1) is 9.26. The molecule has 0 aliphatic heterocycles. The molecule has 1 rings (SSSR count). The van der Waals surface area contributed by atoms with Crippen LogP contribution in [0.4, 0.5) is 0 Å². The van der Waals surface area contributed by atoms with Gasteiger partial charge in [0.2, 0.25) is 5.75 Å². The van der Waals surface area contributed by atoms with E-state index >= 15 is 0 Å². The Balaban J connectivity index is 3.01. The highest BCUT2D eigenvalue weighted by Gasteiger charge is 2.13. The lowest BCUT2D eigenvalue weighted by Crippen LogP contribution is -2.12. The van der Waals surface area contributed by atoms with Crippen LogP contribution in [0.2, 0.25) is 0 Å². The second kappa shape index (κ2) is 8.28. The van der Waals surface area contributed by atoms with Gasteiger partial charge in [-0.05, 0) is 31.2 Å². The number of benzene rings is 1. The molecule has 0 spiro atoms. The normalized spacial score (nSPS) is 9.47. The minimum atomic E-state index is 0.315. The molecule has 0 atom stereocenters. The Bertz CT molecular complexity index is 435. The third kappa shape index (κ3) is 4.38. The number of methoxy groups -OCH3 is 2. The number of hydrogen-bond donors (Lipinski definition) is 1. The average Bonchev–Trinajstić information content (AvgIpc) is 2.45. The SMILES string of the molecule is CC#CCOc1c(OC)cc(CNCC)cc1OC. The van der Waals surface area contributed by atoms with Gasteiger partial charge in [0.1, 0.15) is 6.61 Å². The summed E-state index contributed by atoms with van der Waals surface area (Å²) in [5.74, 6) is 7.54. The standard InChI is InChI=1S/C15H21NO3/c1-5-7-8-19-15-13(17-3)9-12(11-16-6-2)10-14(15)18-4/h9-10,16H,6,8,11H2,1-4H3.